The van der Waals surface area contributed by atoms with Crippen LogP contribution in [-0.2, 0) is 9.59 Å². The standard InChI is InChI=1S/C24H31N3O3/c1-4-21(30-20-11-6-5-7-12-20)24(29)27-15-13-26(14-16-27)17-22(28)25-23-18(2)9-8-10-19(23)3/h5-12,21H,4,13-17H2,1-3H3,(H,25,28)/t21-/m0/s1. The van der Waals surface area contributed by atoms with Crippen LogP contribution in [-0.4, -0.2) is 60.4 Å². The molecule has 3 rings (SSSR count). The van der Waals surface area contributed by atoms with Gasteiger partial charge in [-0.25, -0.2) is 0 Å². The van der Waals surface area contributed by atoms with Crippen molar-refractivity contribution in [3.63, 3.8) is 0 Å². The van der Waals surface area contributed by atoms with Crippen molar-refractivity contribution in [2.45, 2.75) is 33.3 Å². The second kappa shape index (κ2) is 10.3. The number of hydrogen-bond acceptors (Lipinski definition) is 4. The van der Waals surface area contributed by atoms with E-state index < -0.39 is 6.10 Å². The van der Waals surface area contributed by atoms with Crippen LogP contribution in [0.2, 0.25) is 0 Å². The molecule has 6 heteroatoms. The smallest absolute Gasteiger partial charge is 0.263 e. The molecule has 1 fully saturated rings. The van der Waals surface area contributed by atoms with E-state index in [1.165, 1.54) is 0 Å². The lowest BCUT2D eigenvalue weighted by atomic mass is 10.1. The number of para-hydroxylation sites is 2. The summed E-state index contributed by atoms with van der Waals surface area (Å²) in [6.07, 6.45) is 0.137. The number of benzene rings is 2. The highest BCUT2D eigenvalue weighted by Crippen LogP contribution is 2.19. The Morgan fingerprint density at radius 2 is 1.60 bits per heavy atom. The SMILES string of the molecule is CC[C@H](Oc1ccccc1)C(=O)N1CCN(CC(=O)Nc2c(C)cccc2C)CC1. The predicted octanol–water partition coefficient (Wildman–Crippen LogP) is 3.24. The second-order valence-corrected chi connectivity index (χ2v) is 7.74. The molecule has 1 atom stereocenters. The van der Waals surface area contributed by atoms with E-state index in [0.717, 1.165) is 16.8 Å². The number of carbonyl (C=O) groups excluding carboxylic acids is 2. The average Bonchev–Trinajstić information content (AvgIpc) is 2.75. The average molecular weight is 410 g/mol. The minimum absolute atomic E-state index is 0.0148. The van der Waals surface area contributed by atoms with E-state index in [4.69, 9.17) is 4.74 Å². The van der Waals surface area contributed by atoms with Crippen molar-refractivity contribution in [2.24, 2.45) is 0 Å². The van der Waals surface area contributed by atoms with Crippen LogP contribution < -0.4 is 10.1 Å². The van der Waals surface area contributed by atoms with Gasteiger partial charge in [0.15, 0.2) is 6.10 Å². The van der Waals surface area contributed by atoms with Gasteiger partial charge in [0.25, 0.3) is 5.91 Å². The summed E-state index contributed by atoms with van der Waals surface area (Å²) in [6.45, 7) is 8.83. The van der Waals surface area contributed by atoms with Crippen LogP contribution in [0, 0.1) is 13.8 Å². The number of nitrogens with one attached hydrogen (secondary N) is 1. The second-order valence-electron chi connectivity index (χ2n) is 7.74. The maximum atomic E-state index is 12.9. The number of hydrogen-bond donors (Lipinski definition) is 1. The fraction of sp³-hybridized carbons (Fsp3) is 0.417. The van der Waals surface area contributed by atoms with E-state index in [-0.39, 0.29) is 11.8 Å². The lowest BCUT2D eigenvalue weighted by Gasteiger charge is -2.36. The molecular formula is C24H31N3O3. The molecular weight excluding hydrogens is 378 g/mol. The number of anilines is 1. The van der Waals surface area contributed by atoms with Gasteiger partial charge in [-0.3, -0.25) is 14.5 Å². The van der Waals surface area contributed by atoms with E-state index >= 15 is 0 Å². The topological polar surface area (TPSA) is 61.9 Å². The zero-order chi connectivity index (χ0) is 21.5. The molecule has 30 heavy (non-hydrogen) atoms. The van der Waals surface area contributed by atoms with Gasteiger partial charge in [-0.15, -0.1) is 0 Å². The van der Waals surface area contributed by atoms with Crippen molar-refractivity contribution >= 4 is 17.5 Å². The molecule has 2 aromatic rings. The summed E-state index contributed by atoms with van der Waals surface area (Å²) in [5.41, 5.74) is 3.01. The zero-order valence-electron chi connectivity index (χ0n) is 18.1. The lowest BCUT2D eigenvalue weighted by molar-refractivity contribution is -0.140. The fourth-order valence-electron chi connectivity index (χ4n) is 3.70. The number of piperazine rings is 1. The van der Waals surface area contributed by atoms with Crippen LogP contribution in [0.25, 0.3) is 0 Å². The molecule has 1 aliphatic heterocycles. The molecule has 0 aliphatic carbocycles. The molecule has 0 bridgehead atoms. The van der Waals surface area contributed by atoms with Crippen molar-refractivity contribution < 1.29 is 14.3 Å². The van der Waals surface area contributed by atoms with Gasteiger partial charge >= 0.3 is 0 Å². The Labute approximate surface area is 178 Å². The molecule has 1 saturated heterocycles. The third kappa shape index (κ3) is 5.60. The van der Waals surface area contributed by atoms with Crippen molar-refractivity contribution in [2.75, 3.05) is 38.0 Å². The summed E-state index contributed by atoms with van der Waals surface area (Å²) in [5.74, 6) is 0.700. The van der Waals surface area contributed by atoms with Crippen molar-refractivity contribution in [1.82, 2.24) is 9.80 Å². The Bertz CT molecular complexity index is 841. The van der Waals surface area contributed by atoms with Crippen molar-refractivity contribution in [3.05, 3.63) is 59.7 Å². The number of amides is 2. The molecule has 0 aromatic heterocycles. The molecule has 0 spiro atoms. The van der Waals surface area contributed by atoms with Crippen LogP contribution in [0.4, 0.5) is 5.69 Å². The van der Waals surface area contributed by atoms with Gasteiger partial charge in [-0.05, 0) is 43.5 Å². The molecule has 0 saturated carbocycles. The first-order valence-corrected chi connectivity index (χ1v) is 10.6. The first kappa shape index (κ1) is 21.8. The maximum absolute atomic E-state index is 12.9. The van der Waals surface area contributed by atoms with Gasteiger partial charge in [0.2, 0.25) is 5.91 Å². The van der Waals surface area contributed by atoms with Crippen LogP contribution in [0.1, 0.15) is 24.5 Å². The van der Waals surface area contributed by atoms with Gasteiger partial charge in [-0.1, -0.05) is 43.3 Å². The van der Waals surface area contributed by atoms with E-state index in [0.29, 0.717) is 44.9 Å². The highest BCUT2D eigenvalue weighted by atomic mass is 16.5. The summed E-state index contributed by atoms with van der Waals surface area (Å²) < 4.78 is 5.89. The summed E-state index contributed by atoms with van der Waals surface area (Å²) in [5, 5.41) is 3.03. The van der Waals surface area contributed by atoms with E-state index in [1.807, 2.05) is 74.2 Å². The molecule has 2 amide bonds. The normalized spacial score (nSPS) is 15.5. The molecule has 160 valence electrons. The Balaban J connectivity index is 1.49. The molecule has 1 N–H and O–H groups in total. The van der Waals surface area contributed by atoms with Gasteiger partial charge in [0, 0.05) is 31.9 Å². The fourth-order valence-corrected chi connectivity index (χ4v) is 3.70. The Kier molecular flexibility index (Phi) is 7.46. The summed E-state index contributed by atoms with van der Waals surface area (Å²) in [4.78, 5) is 29.3. The van der Waals surface area contributed by atoms with E-state index in [2.05, 4.69) is 10.2 Å². The van der Waals surface area contributed by atoms with Crippen molar-refractivity contribution in [1.29, 1.82) is 0 Å². The first-order valence-electron chi connectivity index (χ1n) is 10.6. The number of carbonyl (C=O) groups is 2. The number of ether oxygens (including phenoxy) is 1. The van der Waals surface area contributed by atoms with Crippen molar-refractivity contribution in [3.8, 4) is 5.75 Å². The van der Waals surface area contributed by atoms with Crippen LogP contribution >= 0.6 is 0 Å². The van der Waals surface area contributed by atoms with E-state index in [1.54, 1.807) is 0 Å². The molecule has 0 radical (unpaired) electrons. The molecule has 1 heterocycles. The molecule has 2 aromatic carbocycles. The molecule has 1 aliphatic rings. The Morgan fingerprint density at radius 3 is 2.20 bits per heavy atom. The highest BCUT2D eigenvalue weighted by Gasteiger charge is 2.28. The molecule has 0 unspecified atom stereocenters. The van der Waals surface area contributed by atoms with Crippen LogP contribution in [0.15, 0.2) is 48.5 Å². The number of rotatable bonds is 7. The maximum Gasteiger partial charge on any atom is 0.263 e. The minimum atomic E-state index is -0.480. The highest BCUT2D eigenvalue weighted by molar-refractivity contribution is 5.93. The number of aryl methyl sites for hydroxylation is 2. The first-order chi connectivity index (χ1) is 14.5. The predicted molar refractivity (Wildman–Crippen MR) is 119 cm³/mol. The lowest BCUT2D eigenvalue weighted by Crippen LogP contribution is -2.53. The van der Waals surface area contributed by atoms with Gasteiger partial charge in [-0.2, -0.15) is 0 Å². The Hall–Kier alpha value is -2.86. The summed E-state index contributed by atoms with van der Waals surface area (Å²) in [7, 11) is 0. The van der Waals surface area contributed by atoms with Gasteiger partial charge in [0.1, 0.15) is 5.75 Å². The summed E-state index contributed by atoms with van der Waals surface area (Å²) in [6, 6.07) is 15.4. The largest absolute Gasteiger partial charge is 0.481 e. The van der Waals surface area contributed by atoms with E-state index in [9.17, 15) is 9.59 Å². The zero-order valence-corrected chi connectivity index (χ0v) is 18.1. The minimum Gasteiger partial charge on any atom is -0.481 e. The third-order valence-corrected chi connectivity index (χ3v) is 5.46. The van der Waals surface area contributed by atoms with Crippen LogP contribution in [0.5, 0.6) is 5.75 Å². The monoisotopic (exact) mass is 409 g/mol. The quantitative estimate of drug-likeness (QED) is 0.763. The summed E-state index contributed by atoms with van der Waals surface area (Å²) >= 11 is 0. The number of nitrogens with zero attached hydrogens (tertiary/aromatic N) is 2. The molecule has 6 nitrogen and oxygen atoms in total. The van der Waals surface area contributed by atoms with Gasteiger partial charge < -0.3 is 15.0 Å². The third-order valence-electron chi connectivity index (χ3n) is 5.46. The Morgan fingerprint density at radius 1 is 0.967 bits per heavy atom. The van der Waals surface area contributed by atoms with Crippen LogP contribution in [0.3, 0.4) is 0 Å². The van der Waals surface area contributed by atoms with Gasteiger partial charge in [0.05, 0.1) is 6.54 Å².